The molecule has 0 radical (unpaired) electrons. The molecule has 0 spiro atoms. The van der Waals surface area contributed by atoms with Gasteiger partial charge in [-0.2, -0.15) is 5.10 Å². The summed E-state index contributed by atoms with van der Waals surface area (Å²) in [7, 11) is 1.81. The van der Waals surface area contributed by atoms with E-state index in [1.807, 2.05) is 14.0 Å². The molecule has 1 aromatic rings. The molecule has 0 aliphatic carbocycles. The van der Waals surface area contributed by atoms with Crippen LogP contribution < -0.4 is 5.32 Å². The SMILES string of the molecule is CCn1ncc(Br)c1C(C)(O)CNC. The van der Waals surface area contributed by atoms with Crippen molar-refractivity contribution >= 4 is 15.9 Å². The molecule has 0 aliphatic heterocycles. The number of nitrogens with one attached hydrogen (secondary N) is 1. The summed E-state index contributed by atoms with van der Waals surface area (Å²) >= 11 is 3.39. The molecule has 0 fully saturated rings. The van der Waals surface area contributed by atoms with Crippen LogP contribution in [0.1, 0.15) is 19.5 Å². The Morgan fingerprint density at radius 2 is 2.36 bits per heavy atom. The summed E-state index contributed by atoms with van der Waals surface area (Å²) in [5, 5.41) is 17.3. The van der Waals surface area contributed by atoms with Gasteiger partial charge in [-0.15, -0.1) is 0 Å². The lowest BCUT2D eigenvalue weighted by Gasteiger charge is -2.24. The summed E-state index contributed by atoms with van der Waals surface area (Å²) in [6.07, 6.45) is 1.71. The lowest BCUT2D eigenvalue weighted by atomic mass is 10.0. The Bertz CT molecular complexity index is 309. The minimum Gasteiger partial charge on any atom is -0.382 e. The molecule has 5 heteroatoms. The summed E-state index contributed by atoms with van der Waals surface area (Å²) in [6.45, 7) is 5.02. The van der Waals surface area contributed by atoms with Crippen LogP contribution in [0.2, 0.25) is 0 Å². The molecule has 2 N–H and O–H groups in total. The summed E-state index contributed by atoms with van der Waals surface area (Å²) in [4.78, 5) is 0. The topological polar surface area (TPSA) is 50.1 Å². The third-order valence-electron chi connectivity index (χ3n) is 2.13. The van der Waals surface area contributed by atoms with Crippen LogP contribution in [0.15, 0.2) is 10.7 Å². The van der Waals surface area contributed by atoms with Crippen LogP contribution in [0.25, 0.3) is 0 Å². The second-order valence-corrected chi connectivity index (χ2v) is 4.32. The van der Waals surface area contributed by atoms with Crippen molar-refractivity contribution in [2.45, 2.75) is 26.0 Å². The molecule has 0 amide bonds. The smallest absolute Gasteiger partial charge is 0.117 e. The van der Waals surface area contributed by atoms with Gasteiger partial charge in [0.25, 0.3) is 0 Å². The van der Waals surface area contributed by atoms with E-state index in [0.717, 1.165) is 16.7 Å². The minimum absolute atomic E-state index is 0.497. The first-order valence-electron chi connectivity index (χ1n) is 4.61. The number of aromatic nitrogens is 2. The fourth-order valence-corrected chi connectivity index (χ4v) is 2.29. The Morgan fingerprint density at radius 3 is 2.86 bits per heavy atom. The standard InChI is InChI=1S/C9H16BrN3O/c1-4-13-8(7(10)5-12-13)9(2,14)6-11-3/h5,11,14H,4,6H2,1-3H3. The van der Waals surface area contributed by atoms with Crippen molar-refractivity contribution in [2.24, 2.45) is 0 Å². The quantitative estimate of drug-likeness (QED) is 0.854. The van der Waals surface area contributed by atoms with Crippen molar-refractivity contribution in [1.82, 2.24) is 15.1 Å². The van der Waals surface area contributed by atoms with Gasteiger partial charge in [0, 0.05) is 13.1 Å². The highest BCUT2D eigenvalue weighted by atomic mass is 79.9. The van der Waals surface area contributed by atoms with E-state index in [1.165, 1.54) is 0 Å². The van der Waals surface area contributed by atoms with Gasteiger partial charge in [0.1, 0.15) is 5.60 Å². The number of nitrogens with zero attached hydrogens (tertiary/aromatic N) is 2. The number of halogens is 1. The number of aliphatic hydroxyl groups is 1. The second-order valence-electron chi connectivity index (χ2n) is 3.46. The van der Waals surface area contributed by atoms with Crippen molar-refractivity contribution in [1.29, 1.82) is 0 Å². The van der Waals surface area contributed by atoms with E-state index in [1.54, 1.807) is 17.8 Å². The first kappa shape index (κ1) is 11.7. The van der Waals surface area contributed by atoms with E-state index in [0.29, 0.717) is 6.54 Å². The van der Waals surface area contributed by atoms with Gasteiger partial charge >= 0.3 is 0 Å². The number of aryl methyl sites for hydroxylation is 1. The number of rotatable bonds is 4. The van der Waals surface area contributed by atoms with Gasteiger partial charge in [-0.25, -0.2) is 0 Å². The van der Waals surface area contributed by atoms with Gasteiger partial charge in [-0.05, 0) is 36.8 Å². The summed E-state index contributed by atoms with van der Waals surface area (Å²) in [5.74, 6) is 0. The Balaban J connectivity index is 3.08. The van der Waals surface area contributed by atoms with E-state index in [-0.39, 0.29) is 0 Å². The molecule has 4 nitrogen and oxygen atoms in total. The maximum Gasteiger partial charge on any atom is 0.117 e. The van der Waals surface area contributed by atoms with Gasteiger partial charge in [-0.3, -0.25) is 4.68 Å². The highest BCUT2D eigenvalue weighted by molar-refractivity contribution is 9.10. The molecule has 1 unspecified atom stereocenters. The highest BCUT2D eigenvalue weighted by Crippen LogP contribution is 2.27. The zero-order valence-electron chi connectivity index (χ0n) is 8.71. The van der Waals surface area contributed by atoms with E-state index >= 15 is 0 Å². The van der Waals surface area contributed by atoms with Crippen LogP contribution in [0.4, 0.5) is 0 Å². The van der Waals surface area contributed by atoms with Crippen molar-refractivity contribution in [2.75, 3.05) is 13.6 Å². The van der Waals surface area contributed by atoms with E-state index < -0.39 is 5.60 Å². The lowest BCUT2D eigenvalue weighted by molar-refractivity contribution is 0.0489. The van der Waals surface area contributed by atoms with Crippen molar-refractivity contribution in [3.8, 4) is 0 Å². The molecule has 0 bridgehead atoms. The average molecular weight is 262 g/mol. The highest BCUT2D eigenvalue weighted by Gasteiger charge is 2.28. The van der Waals surface area contributed by atoms with Crippen LogP contribution in [0.3, 0.4) is 0 Å². The number of hydrogen-bond acceptors (Lipinski definition) is 3. The molecule has 0 aromatic carbocycles. The van der Waals surface area contributed by atoms with Crippen LogP contribution in [0.5, 0.6) is 0 Å². The maximum absolute atomic E-state index is 10.2. The number of hydrogen-bond donors (Lipinski definition) is 2. The third kappa shape index (κ3) is 2.16. The summed E-state index contributed by atoms with van der Waals surface area (Å²) in [6, 6.07) is 0. The molecule has 0 saturated heterocycles. The van der Waals surface area contributed by atoms with Crippen LogP contribution in [-0.4, -0.2) is 28.5 Å². The van der Waals surface area contributed by atoms with Gasteiger partial charge in [0.05, 0.1) is 16.4 Å². The van der Waals surface area contributed by atoms with Crippen molar-refractivity contribution in [3.63, 3.8) is 0 Å². The monoisotopic (exact) mass is 261 g/mol. The maximum atomic E-state index is 10.2. The van der Waals surface area contributed by atoms with E-state index in [2.05, 4.69) is 26.3 Å². The Hall–Kier alpha value is -0.390. The Labute approximate surface area is 92.4 Å². The molecular weight excluding hydrogens is 246 g/mol. The molecule has 1 aromatic heterocycles. The second kappa shape index (κ2) is 4.42. The predicted octanol–water partition coefficient (Wildman–Crippen LogP) is 1.09. The van der Waals surface area contributed by atoms with Crippen molar-refractivity contribution < 1.29 is 5.11 Å². The van der Waals surface area contributed by atoms with Gasteiger partial charge in [-0.1, -0.05) is 0 Å². The number of likely N-dealkylation sites (N-methyl/N-ethyl adjacent to an activating group) is 1. The molecule has 0 saturated carbocycles. The molecule has 0 aliphatic rings. The Kier molecular flexibility index (Phi) is 3.69. The lowest BCUT2D eigenvalue weighted by Crippen LogP contribution is -2.36. The first-order valence-corrected chi connectivity index (χ1v) is 5.41. The first-order chi connectivity index (χ1) is 6.53. The zero-order chi connectivity index (χ0) is 10.8. The molecule has 14 heavy (non-hydrogen) atoms. The molecular formula is C9H16BrN3O. The van der Waals surface area contributed by atoms with Gasteiger partial charge in [0.15, 0.2) is 0 Å². The fourth-order valence-electron chi connectivity index (χ4n) is 1.57. The average Bonchev–Trinajstić information content (AvgIpc) is 2.47. The van der Waals surface area contributed by atoms with Gasteiger partial charge in [0.2, 0.25) is 0 Å². The normalized spacial score (nSPS) is 15.5. The zero-order valence-corrected chi connectivity index (χ0v) is 10.3. The summed E-state index contributed by atoms with van der Waals surface area (Å²) < 4.78 is 2.64. The predicted molar refractivity (Wildman–Crippen MR) is 59.1 cm³/mol. The Morgan fingerprint density at radius 1 is 1.71 bits per heavy atom. The molecule has 1 heterocycles. The summed E-state index contributed by atoms with van der Waals surface area (Å²) in [5.41, 5.74) is -0.0885. The molecule has 1 rings (SSSR count). The molecule has 80 valence electrons. The largest absolute Gasteiger partial charge is 0.382 e. The molecule has 1 atom stereocenters. The van der Waals surface area contributed by atoms with Crippen LogP contribution in [-0.2, 0) is 12.1 Å². The van der Waals surface area contributed by atoms with Crippen LogP contribution in [0, 0.1) is 0 Å². The third-order valence-corrected chi connectivity index (χ3v) is 2.71. The fraction of sp³-hybridized carbons (Fsp3) is 0.667. The minimum atomic E-state index is -0.903. The van der Waals surface area contributed by atoms with Crippen LogP contribution >= 0.6 is 15.9 Å². The van der Waals surface area contributed by atoms with Crippen molar-refractivity contribution in [3.05, 3.63) is 16.4 Å². The van der Waals surface area contributed by atoms with E-state index in [4.69, 9.17) is 0 Å². The van der Waals surface area contributed by atoms with E-state index in [9.17, 15) is 5.11 Å². The van der Waals surface area contributed by atoms with Gasteiger partial charge < -0.3 is 10.4 Å².